The van der Waals surface area contributed by atoms with Crippen LogP contribution in [0.25, 0.3) is 0 Å². The first kappa shape index (κ1) is 19.2. The number of likely N-dealkylation sites (N-methyl/N-ethyl adjacent to an activating group) is 2. The van der Waals surface area contributed by atoms with Gasteiger partial charge in [0.2, 0.25) is 5.91 Å². The monoisotopic (exact) mass is 350 g/mol. The van der Waals surface area contributed by atoms with Crippen LogP contribution in [-0.4, -0.2) is 59.9 Å². The zero-order valence-corrected chi connectivity index (χ0v) is 15.0. The third-order valence-corrected chi connectivity index (χ3v) is 3.30. The van der Waals surface area contributed by atoms with Gasteiger partial charge < -0.3 is 9.64 Å². The van der Waals surface area contributed by atoms with Crippen molar-refractivity contribution in [3.05, 3.63) is 0 Å². The Balaban J connectivity index is 4.82. The number of carbonyl (C=O) groups is 2. The molecule has 0 rings (SSSR count). The fourth-order valence-electron chi connectivity index (χ4n) is 1.67. The predicted molar refractivity (Wildman–Crippen MR) is 84.1 cm³/mol. The molecule has 0 fully saturated rings. The van der Waals surface area contributed by atoms with E-state index >= 15 is 0 Å². The summed E-state index contributed by atoms with van der Waals surface area (Å²) in [7, 11) is 5.01. The Labute approximate surface area is 130 Å². The van der Waals surface area contributed by atoms with Crippen LogP contribution in [0, 0.1) is 0 Å². The molecule has 0 aliphatic rings. The van der Waals surface area contributed by atoms with Crippen molar-refractivity contribution in [2.45, 2.75) is 51.7 Å². The van der Waals surface area contributed by atoms with Crippen LogP contribution < -0.4 is 0 Å². The highest BCUT2D eigenvalue weighted by Crippen LogP contribution is 2.15. The third kappa shape index (κ3) is 7.12. The Bertz CT molecular complexity index is 327. The van der Waals surface area contributed by atoms with E-state index in [4.69, 9.17) is 4.74 Å². The van der Waals surface area contributed by atoms with Crippen molar-refractivity contribution in [2.75, 3.05) is 26.5 Å². The summed E-state index contributed by atoms with van der Waals surface area (Å²) in [6.45, 7) is 5.44. The Hall–Kier alpha value is -0.780. The van der Waals surface area contributed by atoms with Crippen LogP contribution in [0.1, 0.15) is 40.0 Å². The molecule has 0 N–H and O–H groups in total. The van der Waals surface area contributed by atoms with Gasteiger partial charge in [-0.15, -0.1) is 0 Å². The van der Waals surface area contributed by atoms with E-state index in [9.17, 15) is 9.59 Å². The maximum atomic E-state index is 12.2. The molecule has 0 saturated carbocycles. The molecule has 0 radical (unpaired) electrons. The normalized spacial score (nSPS) is 12.8. The van der Waals surface area contributed by atoms with E-state index < -0.39 is 17.7 Å². The molecule has 1 atom stereocenters. The standard InChI is InChI=1S/C14H27BrN2O3/c1-14(2,3)20-13(19)17(6)11(9-7-8-10-15)12(18)16(4)5/h11H,7-10H2,1-6H3. The highest BCUT2D eigenvalue weighted by molar-refractivity contribution is 9.09. The van der Waals surface area contributed by atoms with E-state index in [0.717, 1.165) is 18.2 Å². The van der Waals surface area contributed by atoms with E-state index in [-0.39, 0.29) is 5.91 Å². The number of carbonyl (C=O) groups excluding carboxylic acids is 2. The van der Waals surface area contributed by atoms with Gasteiger partial charge in [-0.1, -0.05) is 22.4 Å². The first-order chi connectivity index (χ1) is 9.10. The largest absolute Gasteiger partial charge is 0.444 e. The summed E-state index contributed by atoms with van der Waals surface area (Å²) >= 11 is 3.37. The van der Waals surface area contributed by atoms with Crippen molar-refractivity contribution in [2.24, 2.45) is 0 Å². The Morgan fingerprint density at radius 1 is 1.15 bits per heavy atom. The zero-order chi connectivity index (χ0) is 15.9. The van der Waals surface area contributed by atoms with E-state index in [1.165, 1.54) is 9.80 Å². The highest BCUT2D eigenvalue weighted by atomic mass is 79.9. The van der Waals surface area contributed by atoms with E-state index in [0.29, 0.717) is 6.42 Å². The number of hydrogen-bond acceptors (Lipinski definition) is 3. The number of rotatable bonds is 6. The molecule has 5 nitrogen and oxygen atoms in total. The topological polar surface area (TPSA) is 49.9 Å². The quantitative estimate of drug-likeness (QED) is 0.546. The van der Waals surface area contributed by atoms with E-state index in [1.807, 2.05) is 20.8 Å². The molecule has 0 saturated heterocycles. The van der Waals surface area contributed by atoms with Gasteiger partial charge in [-0.2, -0.15) is 0 Å². The highest BCUT2D eigenvalue weighted by Gasteiger charge is 2.30. The maximum absolute atomic E-state index is 12.2. The van der Waals surface area contributed by atoms with Gasteiger partial charge in [0.15, 0.2) is 0 Å². The first-order valence-corrected chi connectivity index (χ1v) is 7.95. The molecule has 0 bridgehead atoms. The number of alkyl halides is 1. The smallest absolute Gasteiger partial charge is 0.410 e. The lowest BCUT2D eigenvalue weighted by molar-refractivity contribution is -0.134. The number of amides is 2. The molecule has 2 amide bonds. The number of nitrogens with zero attached hydrogens (tertiary/aromatic N) is 2. The van der Waals surface area contributed by atoms with Gasteiger partial charge in [0.1, 0.15) is 11.6 Å². The molecular weight excluding hydrogens is 324 g/mol. The molecule has 0 spiro atoms. The molecule has 0 aliphatic carbocycles. The molecule has 118 valence electrons. The molecule has 0 aromatic heterocycles. The SMILES string of the molecule is CN(C)C(=O)C(CCCCBr)N(C)C(=O)OC(C)(C)C. The second kappa shape index (κ2) is 8.49. The number of halogens is 1. The minimum atomic E-state index is -0.563. The van der Waals surface area contributed by atoms with E-state index in [1.54, 1.807) is 21.1 Å². The van der Waals surface area contributed by atoms with Crippen molar-refractivity contribution >= 4 is 27.9 Å². The lowest BCUT2D eigenvalue weighted by atomic mass is 10.1. The van der Waals surface area contributed by atoms with Gasteiger partial charge in [0.25, 0.3) is 0 Å². The third-order valence-electron chi connectivity index (χ3n) is 2.74. The Morgan fingerprint density at radius 2 is 1.70 bits per heavy atom. The maximum Gasteiger partial charge on any atom is 0.410 e. The van der Waals surface area contributed by atoms with Crippen molar-refractivity contribution in [3.63, 3.8) is 0 Å². The molecule has 20 heavy (non-hydrogen) atoms. The van der Waals surface area contributed by atoms with Crippen LogP contribution in [0.5, 0.6) is 0 Å². The summed E-state index contributed by atoms with van der Waals surface area (Å²) in [5, 5.41) is 0.895. The van der Waals surface area contributed by atoms with E-state index in [2.05, 4.69) is 15.9 Å². The molecule has 6 heteroatoms. The molecular formula is C14H27BrN2O3. The number of ether oxygens (including phenoxy) is 1. The predicted octanol–water partition coefficient (Wildman–Crippen LogP) is 2.88. The van der Waals surface area contributed by atoms with Crippen LogP contribution in [-0.2, 0) is 9.53 Å². The van der Waals surface area contributed by atoms with Crippen LogP contribution in [0.15, 0.2) is 0 Å². The summed E-state index contributed by atoms with van der Waals surface area (Å²) in [4.78, 5) is 27.2. The second-order valence-corrected chi connectivity index (χ2v) is 6.82. The van der Waals surface area contributed by atoms with Gasteiger partial charge in [-0.25, -0.2) is 4.79 Å². The van der Waals surface area contributed by atoms with Gasteiger partial charge in [0, 0.05) is 26.5 Å². The summed E-state index contributed by atoms with van der Waals surface area (Å²) in [5.74, 6) is -0.0760. The van der Waals surface area contributed by atoms with Crippen molar-refractivity contribution in [3.8, 4) is 0 Å². The fourth-order valence-corrected chi connectivity index (χ4v) is 2.07. The first-order valence-electron chi connectivity index (χ1n) is 6.83. The fraction of sp³-hybridized carbons (Fsp3) is 0.857. The summed E-state index contributed by atoms with van der Waals surface area (Å²) in [5.41, 5.74) is -0.563. The van der Waals surface area contributed by atoms with Gasteiger partial charge >= 0.3 is 6.09 Å². The second-order valence-electron chi connectivity index (χ2n) is 6.02. The Morgan fingerprint density at radius 3 is 2.10 bits per heavy atom. The average molecular weight is 351 g/mol. The lowest BCUT2D eigenvalue weighted by Gasteiger charge is -2.31. The lowest BCUT2D eigenvalue weighted by Crippen LogP contribution is -2.48. The average Bonchev–Trinajstić information content (AvgIpc) is 2.31. The summed E-state index contributed by atoms with van der Waals surface area (Å²) in [6, 6.07) is -0.473. The summed E-state index contributed by atoms with van der Waals surface area (Å²) in [6.07, 6.45) is 2.02. The Kier molecular flexibility index (Phi) is 8.16. The minimum absolute atomic E-state index is 0.0760. The molecule has 0 heterocycles. The van der Waals surface area contributed by atoms with Crippen LogP contribution in [0.3, 0.4) is 0 Å². The van der Waals surface area contributed by atoms with Crippen molar-refractivity contribution in [1.82, 2.24) is 9.80 Å². The summed E-state index contributed by atoms with van der Waals surface area (Å²) < 4.78 is 5.32. The van der Waals surface area contributed by atoms with Crippen LogP contribution >= 0.6 is 15.9 Å². The number of hydrogen-bond donors (Lipinski definition) is 0. The van der Waals surface area contributed by atoms with Crippen molar-refractivity contribution < 1.29 is 14.3 Å². The van der Waals surface area contributed by atoms with Gasteiger partial charge in [-0.05, 0) is 33.6 Å². The molecule has 0 aromatic rings. The van der Waals surface area contributed by atoms with Gasteiger partial charge in [0.05, 0.1) is 0 Å². The minimum Gasteiger partial charge on any atom is -0.444 e. The van der Waals surface area contributed by atoms with Crippen molar-refractivity contribution in [1.29, 1.82) is 0 Å². The molecule has 0 aliphatic heterocycles. The molecule has 1 unspecified atom stereocenters. The van der Waals surface area contributed by atoms with Crippen LogP contribution in [0.4, 0.5) is 4.79 Å². The van der Waals surface area contributed by atoms with Crippen LogP contribution in [0.2, 0.25) is 0 Å². The number of unbranched alkanes of at least 4 members (excludes halogenated alkanes) is 1. The molecule has 0 aromatic carbocycles. The van der Waals surface area contributed by atoms with Gasteiger partial charge in [-0.3, -0.25) is 9.69 Å². The zero-order valence-electron chi connectivity index (χ0n) is 13.4.